The predicted molar refractivity (Wildman–Crippen MR) is 117 cm³/mol. The van der Waals surface area contributed by atoms with Crippen molar-refractivity contribution in [1.82, 2.24) is 24.3 Å². The van der Waals surface area contributed by atoms with Crippen LogP contribution in [0.3, 0.4) is 0 Å². The Morgan fingerprint density at radius 1 is 1.14 bits per heavy atom. The van der Waals surface area contributed by atoms with Gasteiger partial charge in [0.05, 0.1) is 24.8 Å². The SMILES string of the molecule is Cn1cc(-c2cn(COCC[Si](C)(C)C)c3ncnc(N4CCOCC4)c23)cn1. The van der Waals surface area contributed by atoms with E-state index in [9.17, 15) is 0 Å². The van der Waals surface area contributed by atoms with Crippen LogP contribution in [0.1, 0.15) is 0 Å². The van der Waals surface area contributed by atoms with E-state index in [0.717, 1.165) is 53.7 Å². The average molecular weight is 415 g/mol. The van der Waals surface area contributed by atoms with Crippen LogP contribution in [0.15, 0.2) is 24.9 Å². The Balaban J connectivity index is 1.71. The fourth-order valence-electron chi connectivity index (χ4n) is 3.54. The molecule has 1 saturated heterocycles. The summed E-state index contributed by atoms with van der Waals surface area (Å²) in [5.41, 5.74) is 3.04. The third kappa shape index (κ3) is 4.52. The van der Waals surface area contributed by atoms with Gasteiger partial charge in [-0.05, 0) is 6.04 Å². The first-order valence-electron chi connectivity index (χ1n) is 10.2. The highest BCUT2D eigenvalue weighted by Crippen LogP contribution is 2.35. The number of anilines is 1. The minimum Gasteiger partial charge on any atom is -0.378 e. The van der Waals surface area contributed by atoms with E-state index >= 15 is 0 Å². The Kier molecular flexibility index (Phi) is 5.71. The molecule has 0 unspecified atom stereocenters. The van der Waals surface area contributed by atoms with E-state index in [-0.39, 0.29) is 0 Å². The van der Waals surface area contributed by atoms with Crippen LogP contribution in [0.4, 0.5) is 5.82 Å². The summed E-state index contributed by atoms with van der Waals surface area (Å²) in [6.45, 7) is 11.5. The first kappa shape index (κ1) is 20.1. The lowest BCUT2D eigenvalue weighted by molar-refractivity contribution is 0.0899. The van der Waals surface area contributed by atoms with Gasteiger partial charge in [-0.15, -0.1) is 0 Å². The first-order chi connectivity index (χ1) is 13.9. The fourth-order valence-corrected chi connectivity index (χ4v) is 4.30. The van der Waals surface area contributed by atoms with E-state index < -0.39 is 8.07 Å². The van der Waals surface area contributed by atoms with Gasteiger partial charge in [0.2, 0.25) is 0 Å². The number of rotatable bonds is 7. The molecule has 29 heavy (non-hydrogen) atoms. The highest BCUT2D eigenvalue weighted by molar-refractivity contribution is 6.76. The lowest BCUT2D eigenvalue weighted by Gasteiger charge is -2.28. The van der Waals surface area contributed by atoms with Gasteiger partial charge >= 0.3 is 0 Å². The van der Waals surface area contributed by atoms with Crippen molar-refractivity contribution in [3.05, 3.63) is 24.9 Å². The van der Waals surface area contributed by atoms with Crippen molar-refractivity contribution in [1.29, 1.82) is 0 Å². The van der Waals surface area contributed by atoms with E-state index in [1.165, 1.54) is 0 Å². The van der Waals surface area contributed by atoms with Gasteiger partial charge in [-0.3, -0.25) is 4.68 Å². The van der Waals surface area contributed by atoms with Crippen LogP contribution >= 0.6 is 0 Å². The van der Waals surface area contributed by atoms with Gasteiger partial charge in [0.15, 0.2) is 0 Å². The lowest BCUT2D eigenvalue weighted by atomic mass is 10.1. The standard InChI is InChI=1S/C20H30N6O2Si/c1-24-12-16(11-23-24)17-13-26(15-28-9-10-29(2,3)4)20-18(17)19(21-14-22-20)25-5-7-27-8-6-25/h11-14H,5-10,15H2,1-4H3. The van der Waals surface area contributed by atoms with Crippen molar-refractivity contribution >= 4 is 24.9 Å². The van der Waals surface area contributed by atoms with Gasteiger partial charge in [-0.2, -0.15) is 5.10 Å². The molecular formula is C20H30N6O2Si. The molecule has 4 heterocycles. The van der Waals surface area contributed by atoms with Crippen molar-refractivity contribution in [2.24, 2.45) is 7.05 Å². The smallest absolute Gasteiger partial charge is 0.148 e. The zero-order chi connectivity index (χ0) is 20.4. The number of ether oxygens (including phenoxy) is 2. The van der Waals surface area contributed by atoms with Crippen molar-refractivity contribution < 1.29 is 9.47 Å². The number of hydrogen-bond donors (Lipinski definition) is 0. The molecule has 156 valence electrons. The summed E-state index contributed by atoms with van der Waals surface area (Å²) in [6, 6.07) is 1.15. The van der Waals surface area contributed by atoms with Gasteiger partial charge in [-0.1, -0.05) is 19.6 Å². The Labute approximate surface area is 172 Å². The molecule has 0 N–H and O–H groups in total. The summed E-state index contributed by atoms with van der Waals surface area (Å²) in [7, 11) is 0.817. The maximum Gasteiger partial charge on any atom is 0.148 e. The number of hydrogen-bond acceptors (Lipinski definition) is 6. The van der Waals surface area contributed by atoms with Crippen LogP contribution in [-0.2, 0) is 23.3 Å². The normalized spacial score (nSPS) is 15.4. The number of aryl methyl sites for hydroxylation is 1. The molecular weight excluding hydrogens is 384 g/mol. The molecule has 4 rings (SSSR count). The van der Waals surface area contributed by atoms with Crippen LogP contribution in [-0.4, -0.2) is 65.3 Å². The van der Waals surface area contributed by atoms with E-state index in [0.29, 0.717) is 19.9 Å². The highest BCUT2D eigenvalue weighted by Gasteiger charge is 2.22. The topological polar surface area (TPSA) is 70.2 Å². The van der Waals surface area contributed by atoms with Gasteiger partial charge in [0.1, 0.15) is 24.5 Å². The molecule has 8 nitrogen and oxygen atoms in total. The molecule has 1 fully saturated rings. The maximum absolute atomic E-state index is 6.03. The molecule has 1 aliphatic rings. The lowest BCUT2D eigenvalue weighted by Crippen LogP contribution is -2.36. The second-order valence-corrected chi connectivity index (χ2v) is 14.4. The molecule has 0 amide bonds. The number of fused-ring (bicyclic) bond motifs is 1. The van der Waals surface area contributed by atoms with Gasteiger partial charge in [-0.25, -0.2) is 9.97 Å². The Bertz CT molecular complexity index is 971. The predicted octanol–water partition coefficient (Wildman–Crippen LogP) is 2.98. The van der Waals surface area contributed by atoms with Gasteiger partial charge < -0.3 is 18.9 Å². The van der Waals surface area contributed by atoms with Crippen molar-refractivity contribution in [2.75, 3.05) is 37.8 Å². The highest BCUT2D eigenvalue weighted by atomic mass is 28.3. The van der Waals surface area contributed by atoms with Crippen molar-refractivity contribution in [3.63, 3.8) is 0 Å². The molecule has 0 atom stereocenters. The van der Waals surface area contributed by atoms with Crippen LogP contribution in [0.2, 0.25) is 25.7 Å². The zero-order valence-corrected chi connectivity index (χ0v) is 18.8. The summed E-state index contributed by atoms with van der Waals surface area (Å²) in [5.74, 6) is 0.956. The number of nitrogens with zero attached hydrogens (tertiary/aromatic N) is 6. The molecule has 0 spiro atoms. The summed E-state index contributed by atoms with van der Waals surface area (Å²) < 4.78 is 15.5. The molecule has 3 aromatic rings. The molecule has 0 bridgehead atoms. The van der Waals surface area contributed by atoms with Crippen LogP contribution < -0.4 is 4.90 Å². The summed E-state index contributed by atoms with van der Waals surface area (Å²) >= 11 is 0. The average Bonchev–Trinajstić information content (AvgIpc) is 3.29. The molecule has 3 aromatic heterocycles. The minimum absolute atomic E-state index is 0.487. The van der Waals surface area contributed by atoms with Crippen LogP contribution in [0.25, 0.3) is 22.2 Å². The molecule has 0 saturated carbocycles. The molecule has 9 heteroatoms. The van der Waals surface area contributed by atoms with Gasteiger partial charge in [0.25, 0.3) is 0 Å². The maximum atomic E-state index is 6.03. The minimum atomic E-state index is -1.11. The second-order valence-electron chi connectivity index (χ2n) is 8.76. The third-order valence-corrected chi connectivity index (χ3v) is 6.89. The van der Waals surface area contributed by atoms with Crippen molar-refractivity contribution in [2.45, 2.75) is 32.4 Å². The number of aromatic nitrogens is 5. The van der Waals surface area contributed by atoms with E-state index in [4.69, 9.17) is 9.47 Å². The molecule has 1 aliphatic heterocycles. The quantitative estimate of drug-likeness (QED) is 0.437. The summed E-state index contributed by atoms with van der Waals surface area (Å²) in [5, 5.41) is 5.41. The van der Waals surface area contributed by atoms with E-state index in [1.54, 1.807) is 6.33 Å². The molecule has 0 radical (unpaired) electrons. The molecule has 0 aliphatic carbocycles. The molecule has 0 aromatic carbocycles. The summed E-state index contributed by atoms with van der Waals surface area (Å²) in [4.78, 5) is 11.5. The first-order valence-corrected chi connectivity index (χ1v) is 13.9. The Morgan fingerprint density at radius 3 is 2.62 bits per heavy atom. The van der Waals surface area contributed by atoms with Crippen LogP contribution in [0, 0.1) is 0 Å². The van der Waals surface area contributed by atoms with E-state index in [2.05, 4.69) is 50.4 Å². The Hall–Kier alpha value is -2.23. The third-order valence-electron chi connectivity index (χ3n) is 5.19. The largest absolute Gasteiger partial charge is 0.378 e. The number of morpholine rings is 1. The monoisotopic (exact) mass is 414 g/mol. The van der Waals surface area contributed by atoms with Crippen molar-refractivity contribution in [3.8, 4) is 11.1 Å². The van der Waals surface area contributed by atoms with Gasteiger partial charge in [0, 0.05) is 58.3 Å². The zero-order valence-electron chi connectivity index (χ0n) is 17.8. The summed E-state index contributed by atoms with van der Waals surface area (Å²) in [6.07, 6.45) is 7.69. The second kappa shape index (κ2) is 8.25. The van der Waals surface area contributed by atoms with E-state index in [1.807, 2.05) is 24.1 Å². The van der Waals surface area contributed by atoms with Crippen LogP contribution in [0.5, 0.6) is 0 Å². The fraction of sp³-hybridized carbons (Fsp3) is 0.550. The Morgan fingerprint density at radius 2 is 1.93 bits per heavy atom.